The van der Waals surface area contributed by atoms with Crippen molar-refractivity contribution in [3.05, 3.63) is 77.5 Å². The molecule has 0 radical (unpaired) electrons. The van der Waals surface area contributed by atoms with Crippen LogP contribution >= 0.6 is 0 Å². The van der Waals surface area contributed by atoms with Crippen LogP contribution in [-0.2, 0) is 6.54 Å². The number of hydrogen-bond acceptors (Lipinski definition) is 2. The fourth-order valence-corrected chi connectivity index (χ4v) is 3.68. The van der Waals surface area contributed by atoms with Crippen molar-refractivity contribution in [2.24, 2.45) is 0 Å². The lowest BCUT2D eigenvalue weighted by molar-refractivity contribution is 0.254. The summed E-state index contributed by atoms with van der Waals surface area (Å²) in [5.41, 5.74) is 4.79. The maximum Gasteiger partial charge on any atom is 0.0650 e. The number of fused-ring (bicyclic) bond motifs is 2. The molecule has 1 atom stereocenters. The van der Waals surface area contributed by atoms with Crippen molar-refractivity contribution in [3.63, 3.8) is 0 Å². The lowest BCUT2D eigenvalue weighted by atomic mass is 9.95. The first kappa shape index (κ1) is 17.3. The zero-order valence-corrected chi connectivity index (χ0v) is 16.0. The van der Waals surface area contributed by atoms with E-state index < -0.39 is 0 Å². The molecule has 134 valence electrons. The molecule has 0 aliphatic carbocycles. The summed E-state index contributed by atoms with van der Waals surface area (Å²) in [5.74, 6) is 6.25. The number of benzene rings is 3. The molecule has 0 unspecified atom stereocenters. The van der Waals surface area contributed by atoms with Crippen molar-refractivity contribution in [1.82, 2.24) is 15.1 Å². The van der Waals surface area contributed by atoms with Crippen LogP contribution in [0.1, 0.15) is 36.6 Å². The smallest absolute Gasteiger partial charge is 0.0650 e. The minimum Gasteiger partial charge on any atom is -0.295 e. The minimum atomic E-state index is 0.290. The molecule has 1 N–H and O–H groups in total. The molecule has 1 aromatic heterocycles. The van der Waals surface area contributed by atoms with Crippen molar-refractivity contribution in [2.45, 2.75) is 26.4 Å². The van der Waals surface area contributed by atoms with Crippen molar-refractivity contribution >= 4 is 21.7 Å². The quantitative estimate of drug-likeness (QED) is 0.506. The van der Waals surface area contributed by atoms with E-state index in [9.17, 15) is 0 Å². The van der Waals surface area contributed by atoms with E-state index >= 15 is 0 Å². The van der Waals surface area contributed by atoms with Gasteiger partial charge in [-0.3, -0.25) is 10.00 Å². The maximum absolute atomic E-state index is 4.11. The van der Waals surface area contributed by atoms with Gasteiger partial charge in [0.2, 0.25) is 0 Å². The standard InChI is InChI=1S/C24H23N3/c1-4-7-19-11-12-21(23-9-6-5-8-22(19)23)17(2)27(3)16-18-10-13-24-20(14-18)15-25-26-24/h5-6,8-15,17H,16H2,1-3H3,(H,25,26)/t17-/m1/s1. The van der Waals surface area contributed by atoms with Gasteiger partial charge >= 0.3 is 0 Å². The van der Waals surface area contributed by atoms with Crippen LogP contribution in [0.2, 0.25) is 0 Å². The second-order valence-electron chi connectivity index (χ2n) is 7.01. The molecule has 0 amide bonds. The van der Waals surface area contributed by atoms with E-state index in [1.165, 1.54) is 21.9 Å². The van der Waals surface area contributed by atoms with Gasteiger partial charge in [0.25, 0.3) is 0 Å². The van der Waals surface area contributed by atoms with Gasteiger partial charge in [-0.05, 0) is 61.0 Å². The highest BCUT2D eigenvalue weighted by molar-refractivity contribution is 5.91. The molecule has 1 heterocycles. The Morgan fingerprint density at radius 3 is 2.70 bits per heavy atom. The summed E-state index contributed by atoms with van der Waals surface area (Å²) in [6.45, 7) is 5.03. The largest absolute Gasteiger partial charge is 0.295 e. The van der Waals surface area contributed by atoms with Gasteiger partial charge in [0.1, 0.15) is 0 Å². The molecule has 3 heteroatoms. The second-order valence-corrected chi connectivity index (χ2v) is 7.01. The molecule has 0 fully saturated rings. The van der Waals surface area contributed by atoms with E-state index in [0.717, 1.165) is 23.0 Å². The summed E-state index contributed by atoms with van der Waals surface area (Å²) in [5, 5.41) is 10.8. The molecule has 0 saturated heterocycles. The van der Waals surface area contributed by atoms with Crippen molar-refractivity contribution in [3.8, 4) is 11.8 Å². The fraction of sp³-hybridized carbons (Fsp3) is 0.208. The molecule has 27 heavy (non-hydrogen) atoms. The SMILES string of the molecule is CC#Cc1ccc([C@@H](C)N(C)Cc2ccc3[nH]ncc3c2)c2ccccc12. The number of nitrogens with one attached hydrogen (secondary N) is 1. The van der Waals surface area contributed by atoms with Crippen molar-refractivity contribution in [2.75, 3.05) is 7.05 Å². The number of H-pyrrole nitrogens is 1. The molecule has 3 aromatic carbocycles. The average molecular weight is 353 g/mol. The van der Waals surface area contributed by atoms with Crippen LogP contribution in [0.25, 0.3) is 21.7 Å². The Hall–Kier alpha value is -3.09. The van der Waals surface area contributed by atoms with Crippen LogP contribution in [0.15, 0.2) is 60.8 Å². The van der Waals surface area contributed by atoms with Gasteiger partial charge in [-0.15, -0.1) is 5.92 Å². The van der Waals surface area contributed by atoms with Gasteiger partial charge in [0, 0.05) is 23.5 Å². The van der Waals surface area contributed by atoms with Crippen LogP contribution < -0.4 is 0 Å². The third-order valence-electron chi connectivity index (χ3n) is 5.27. The lowest BCUT2D eigenvalue weighted by Gasteiger charge is -2.26. The fourth-order valence-electron chi connectivity index (χ4n) is 3.68. The van der Waals surface area contributed by atoms with Crippen LogP contribution in [0, 0.1) is 11.8 Å². The summed E-state index contributed by atoms with van der Waals surface area (Å²) >= 11 is 0. The van der Waals surface area contributed by atoms with E-state index in [4.69, 9.17) is 0 Å². The van der Waals surface area contributed by atoms with Gasteiger partial charge in [-0.25, -0.2) is 0 Å². The second kappa shape index (κ2) is 7.26. The summed E-state index contributed by atoms with van der Waals surface area (Å²) in [7, 11) is 2.18. The lowest BCUT2D eigenvalue weighted by Crippen LogP contribution is -2.22. The molecule has 0 aliphatic heterocycles. The summed E-state index contributed by atoms with van der Waals surface area (Å²) in [4.78, 5) is 2.38. The zero-order valence-electron chi connectivity index (χ0n) is 16.0. The monoisotopic (exact) mass is 353 g/mol. The van der Waals surface area contributed by atoms with Gasteiger partial charge in [0.05, 0.1) is 11.7 Å². The predicted molar refractivity (Wildman–Crippen MR) is 112 cm³/mol. The first-order valence-corrected chi connectivity index (χ1v) is 9.24. The summed E-state index contributed by atoms with van der Waals surface area (Å²) in [6.07, 6.45) is 1.88. The molecule has 4 rings (SSSR count). The molecular formula is C24H23N3. The third kappa shape index (κ3) is 3.32. The minimum absolute atomic E-state index is 0.290. The van der Waals surface area contributed by atoms with Crippen LogP contribution in [0.4, 0.5) is 0 Å². The number of hydrogen-bond donors (Lipinski definition) is 1. The number of aromatic nitrogens is 2. The number of nitrogens with zero attached hydrogens (tertiary/aromatic N) is 2. The third-order valence-corrected chi connectivity index (χ3v) is 5.27. The van der Waals surface area contributed by atoms with Crippen LogP contribution in [-0.4, -0.2) is 22.1 Å². The Bertz CT molecular complexity index is 1160. The van der Waals surface area contributed by atoms with Gasteiger partial charge in [-0.2, -0.15) is 5.10 Å². The molecule has 0 bridgehead atoms. The normalized spacial score (nSPS) is 12.3. The summed E-state index contributed by atoms with van der Waals surface area (Å²) < 4.78 is 0. The Morgan fingerprint density at radius 1 is 1.07 bits per heavy atom. The first-order chi connectivity index (χ1) is 13.2. The highest BCUT2D eigenvalue weighted by Gasteiger charge is 2.16. The molecule has 0 spiro atoms. The number of aromatic amines is 1. The van der Waals surface area contributed by atoms with Gasteiger partial charge < -0.3 is 0 Å². The Kier molecular flexibility index (Phi) is 4.66. The predicted octanol–water partition coefficient (Wildman–Crippen LogP) is 5.28. The van der Waals surface area contributed by atoms with Crippen molar-refractivity contribution in [1.29, 1.82) is 0 Å². The average Bonchev–Trinajstić information content (AvgIpc) is 3.16. The van der Waals surface area contributed by atoms with E-state index in [2.05, 4.69) is 95.5 Å². The van der Waals surface area contributed by atoms with Crippen molar-refractivity contribution < 1.29 is 0 Å². The topological polar surface area (TPSA) is 31.9 Å². The van der Waals surface area contributed by atoms with Gasteiger partial charge in [-0.1, -0.05) is 42.3 Å². The molecule has 3 nitrogen and oxygen atoms in total. The Labute approximate surface area is 160 Å². The van der Waals surface area contributed by atoms with E-state index in [1.54, 1.807) is 0 Å². The van der Waals surface area contributed by atoms with Crippen LogP contribution in [0.3, 0.4) is 0 Å². The molecule has 0 aliphatic rings. The molecular weight excluding hydrogens is 330 g/mol. The molecule has 4 aromatic rings. The van der Waals surface area contributed by atoms with Gasteiger partial charge in [0.15, 0.2) is 0 Å². The van der Waals surface area contributed by atoms with E-state index in [0.29, 0.717) is 6.04 Å². The first-order valence-electron chi connectivity index (χ1n) is 9.24. The Morgan fingerprint density at radius 2 is 1.89 bits per heavy atom. The van der Waals surface area contributed by atoms with E-state index in [1.807, 2.05) is 13.1 Å². The van der Waals surface area contributed by atoms with E-state index in [-0.39, 0.29) is 0 Å². The highest BCUT2D eigenvalue weighted by Crippen LogP contribution is 2.30. The molecule has 0 saturated carbocycles. The number of rotatable bonds is 4. The highest BCUT2D eigenvalue weighted by atomic mass is 15.1. The summed E-state index contributed by atoms with van der Waals surface area (Å²) in [6, 6.07) is 19.7. The van der Waals surface area contributed by atoms with Crippen LogP contribution in [0.5, 0.6) is 0 Å². The maximum atomic E-state index is 4.11. The zero-order chi connectivity index (χ0) is 18.8. The Balaban J connectivity index is 1.66.